The van der Waals surface area contributed by atoms with Crippen molar-refractivity contribution in [2.75, 3.05) is 0 Å². The lowest BCUT2D eigenvalue weighted by atomic mass is 9.95. The van der Waals surface area contributed by atoms with Crippen molar-refractivity contribution < 1.29 is 4.92 Å². The summed E-state index contributed by atoms with van der Waals surface area (Å²) in [5.74, 6) is 0.679. The van der Waals surface area contributed by atoms with Gasteiger partial charge in [-0.05, 0) is 31.2 Å². The maximum atomic E-state index is 10.8. The molecule has 110 valence electrons. The maximum absolute atomic E-state index is 10.8. The molecule has 1 aromatic carbocycles. The van der Waals surface area contributed by atoms with Crippen LogP contribution in [0, 0.1) is 16.0 Å². The first-order chi connectivity index (χ1) is 9.58. The molecule has 0 saturated heterocycles. The van der Waals surface area contributed by atoms with E-state index in [2.05, 4.69) is 19.2 Å². The first-order valence-electron chi connectivity index (χ1n) is 7.58. The lowest BCUT2D eigenvalue weighted by Gasteiger charge is -2.27. The Morgan fingerprint density at radius 1 is 1.30 bits per heavy atom. The monoisotopic (exact) mass is 276 g/mol. The second-order valence-electron chi connectivity index (χ2n) is 5.96. The molecule has 1 fully saturated rings. The second-order valence-corrected chi connectivity index (χ2v) is 5.96. The first-order valence-corrected chi connectivity index (χ1v) is 7.58. The summed E-state index contributed by atoms with van der Waals surface area (Å²) in [6.45, 7) is 4.40. The highest BCUT2D eigenvalue weighted by atomic mass is 16.6. The molecule has 3 unspecified atom stereocenters. The van der Waals surface area contributed by atoms with Crippen LogP contribution in [0.15, 0.2) is 24.3 Å². The van der Waals surface area contributed by atoms with Gasteiger partial charge in [-0.3, -0.25) is 10.1 Å². The zero-order valence-corrected chi connectivity index (χ0v) is 12.3. The normalized spacial score (nSPS) is 24.9. The van der Waals surface area contributed by atoms with Crippen molar-refractivity contribution in [3.05, 3.63) is 39.9 Å². The largest absolute Gasteiger partial charge is 0.307 e. The summed E-state index contributed by atoms with van der Waals surface area (Å²) < 4.78 is 0. The van der Waals surface area contributed by atoms with Crippen molar-refractivity contribution in [1.82, 2.24) is 5.32 Å². The van der Waals surface area contributed by atoms with Crippen LogP contribution in [-0.2, 0) is 0 Å². The first kappa shape index (κ1) is 15.0. The fourth-order valence-corrected chi connectivity index (χ4v) is 3.07. The highest BCUT2D eigenvalue weighted by molar-refractivity contribution is 5.35. The van der Waals surface area contributed by atoms with E-state index in [-0.39, 0.29) is 16.7 Å². The topological polar surface area (TPSA) is 55.2 Å². The molecule has 1 aliphatic carbocycles. The number of nitrogens with one attached hydrogen (secondary N) is 1. The van der Waals surface area contributed by atoms with Crippen LogP contribution in [0.3, 0.4) is 0 Å². The Bertz CT molecular complexity index is 462. The van der Waals surface area contributed by atoms with Crippen molar-refractivity contribution in [3.63, 3.8) is 0 Å². The molecule has 1 saturated carbocycles. The molecule has 0 heterocycles. The third-order valence-corrected chi connectivity index (χ3v) is 4.41. The summed E-state index contributed by atoms with van der Waals surface area (Å²) in [7, 11) is 0. The Morgan fingerprint density at radius 2 is 2.05 bits per heavy atom. The van der Waals surface area contributed by atoms with Gasteiger partial charge in [-0.2, -0.15) is 0 Å². The minimum absolute atomic E-state index is 0.153. The number of hydrogen-bond acceptors (Lipinski definition) is 3. The molecule has 0 aliphatic heterocycles. The van der Waals surface area contributed by atoms with Crippen LogP contribution in [0.4, 0.5) is 5.69 Å². The van der Waals surface area contributed by atoms with Crippen LogP contribution < -0.4 is 5.32 Å². The number of nitro benzene ring substituents is 1. The molecule has 4 heteroatoms. The van der Waals surface area contributed by atoms with Gasteiger partial charge in [-0.1, -0.05) is 38.3 Å². The highest BCUT2D eigenvalue weighted by Crippen LogP contribution is 2.26. The van der Waals surface area contributed by atoms with Gasteiger partial charge in [-0.25, -0.2) is 0 Å². The van der Waals surface area contributed by atoms with E-state index in [0.29, 0.717) is 12.0 Å². The van der Waals surface area contributed by atoms with E-state index in [9.17, 15) is 10.1 Å². The number of rotatable bonds is 4. The molecule has 4 nitrogen and oxygen atoms in total. The predicted molar refractivity (Wildman–Crippen MR) is 80.7 cm³/mol. The average molecular weight is 276 g/mol. The fourth-order valence-electron chi connectivity index (χ4n) is 3.07. The Kier molecular flexibility index (Phi) is 5.12. The lowest BCUT2D eigenvalue weighted by Crippen LogP contribution is -2.36. The van der Waals surface area contributed by atoms with E-state index in [4.69, 9.17) is 0 Å². The smallest absolute Gasteiger partial charge is 0.269 e. The van der Waals surface area contributed by atoms with Gasteiger partial charge in [0.15, 0.2) is 0 Å². The summed E-state index contributed by atoms with van der Waals surface area (Å²) >= 11 is 0. The van der Waals surface area contributed by atoms with Crippen LogP contribution in [0.5, 0.6) is 0 Å². The molecule has 0 bridgehead atoms. The van der Waals surface area contributed by atoms with Gasteiger partial charge in [0, 0.05) is 24.2 Å². The molecule has 2 rings (SSSR count). The Labute approximate surface area is 120 Å². The van der Waals surface area contributed by atoms with Crippen LogP contribution in [0.25, 0.3) is 0 Å². The molecular formula is C16H24N2O2. The molecule has 0 radical (unpaired) electrons. The summed E-state index contributed by atoms with van der Waals surface area (Å²) in [5, 5.41) is 14.5. The minimum Gasteiger partial charge on any atom is -0.307 e. The molecular weight excluding hydrogens is 252 g/mol. The molecule has 1 N–H and O–H groups in total. The van der Waals surface area contributed by atoms with Gasteiger partial charge in [0.1, 0.15) is 0 Å². The SMILES string of the molecule is CC(NC1CCCCCC1C)c1cccc([N+](=O)[O-])c1. The number of hydrogen-bond donors (Lipinski definition) is 1. The quantitative estimate of drug-likeness (QED) is 0.509. The molecule has 1 aromatic rings. The van der Waals surface area contributed by atoms with E-state index in [0.717, 1.165) is 5.56 Å². The molecule has 3 atom stereocenters. The van der Waals surface area contributed by atoms with Gasteiger partial charge in [0.2, 0.25) is 0 Å². The minimum atomic E-state index is -0.329. The van der Waals surface area contributed by atoms with E-state index in [1.807, 2.05) is 6.07 Å². The second kappa shape index (κ2) is 6.84. The third-order valence-electron chi connectivity index (χ3n) is 4.41. The molecule has 0 aromatic heterocycles. The number of nitro groups is 1. The molecule has 0 amide bonds. The standard InChI is InChI=1S/C16H24N2O2/c1-12-7-4-3-5-10-16(12)17-13(2)14-8-6-9-15(11-14)18(19)20/h6,8-9,11-13,16-17H,3-5,7,10H2,1-2H3. The van der Waals surface area contributed by atoms with Crippen LogP contribution in [0.2, 0.25) is 0 Å². The van der Waals surface area contributed by atoms with Crippen LogP contribution in [0.1, 0.15) is 57.6 Å². The fraction of sp³-hybridized carbons (Fsp3) is 0.625. The van der Waals surface area contributed by atoms with Crippen molar-refractivity contribution in [1.29, 1.82) is 0 Å². The summed E-state index contributed by atoms with van der Waals surface area (Å²) in [5.41, 5.74) is 1.17. The zero-order chi connectivity index (χ0) is 14.5. The Morgan fingerprint density at radius 3 is 2.80 bits per heavy atom. The predicted octanol–water partition coefficient (Wildman–Crippen LogP) is 4.21. The molecule has 0 spiro atoms. The number of nitrogens with zero attached hydrogens (tertiary/aromatic N) is 1. The van der Waals surface area contributed by atoms with E-state index < -0.39 is 0 Å². The van der Waals surface area contributed by atoms with Crippen molar-refractivity contribution in [2.45, 2.75) is 58.0 Å². The third kappa shape index (κ3) is 3.79. The van der Waals surface area contributed by atoms with Gasteiger partial charge in [0.25, 0.3) is 5.69 Å². The van der Waals surface area contributed by atoms with E-state index >= 15 is 0 Å². The summed E-state index contributed by atoms with van der Waals surface area (Å²) in [6.07, 6.45) is 6.42. The molecule has 20 heavy (non-hydrogen) atoms. The highest BCUT2D eigenvalue weighted by Gasteiger charge is 2.22. The van der Waals surface area contributed by atoms with E-state index in [1.54, 1.807) is 18.2 Å². The van der Waals surface area contributed by atoms with Crippen LogP contribution in [-0.4, -0.2) is 11.0 Å². The Hall–Kier alpha value is -1.42. The van der Waals surface area contributed by atoms with Crippen molar-refractivity contribution in [3.8, 4) is 0 Å². The van der Waals surface area contributed by atoms with Gasteiger partial charge in [-0.15, -0.1) is 0 Å². The number of benzene rings is 1. The van der Waals surface area contributed by atoms with E-state index in [1.165, 1.54) is 32.1 Å². The van der Waals surface area contributed by atoms with Gasteiger partial charge in [0.05, 0.1) is 4.92 Å². The van der Waals surface area contributed by atoms with Crippen LogP contribution >= 0.6 is 0 Å². The van der Waals surface area contributed by atoms with Crippen molar-refractivity contribution >= 4 is 5.69 Å². The van der Waals surface area contributed by atoms with Gasteiger partial charge < -0.3 is 5.32 Å². The zero-order valence-electron chi connectivity index (χ0n) is 12.3. The average Bonchev–Trinajstić information content (AvgIpc) is 2.64. The summed E-state index contributed by atoms with van der Waals surface area (Å²) in [4.78, 5) is 10.5. The maximum Gasteiger partial charge on any atom is 0.269 e. The number of non-ortho nitro benzene ring substituents is 1. The lowest BCUT2D eigenvalue weighted by molar-refractivity contribution is -0.384. The Balaban J connectivity index is 2.05. The van der Waals surface area contributed by atoms with Gasteiger partial charge >= 0.3 is 0 Å². The molecule has 1 aliphatic rings. The van der Waals surface area contributed by atoms with Crippen molar-refractivity contribution in [2.24, 2.45) is 5.92 Å². The summed E-state index contributed by atoms with van der Waals surface area (Å²) in [6, 6.07) is 7.63.